The Balaban J connectivity index is 0.00000182. The molecule has 1 heterocycles. The molecule has 0 aliphatic rings. The molecule has 0 unspecified atom stereocenters. The van der Waals surface area contributed by atoms with E-state index in [2.05, 4.69) is 22.4 Å². The van der Waals surface area contributed by atoms with E-state index in [1.807, 2.05) is 72.8 Å². The first-order valence-corrected chi connectivity index (χ1v) is 7.83. The maximum atomic E-state index is 6.15. The van der Waals surface area contributed by atoms with Crippen LogP contribution < -0.4 is 23.6 Å². The maximum absolute atomic E-state index is 6.15. The standard InChI is InChI=1S/C20H16N3O.Li/c1-3-9-16(10-4-1)15-20(24-17-11-5-2-6-12-17)23-19-14-8-7-13-18(19)21-22-23;/h1-14H,15H2;/q-1;+1. The van der Waals surface area contributed by atoms with Gasteiger partial charge in [-0.2, -0.15) is 5.10 Å². The third-order valence-electron chi connectivity index (χ3n) is 3.77. The molecule has 3 aromatic carbocycles. The Hall–Kier alpha value is -2.67. The van der Waals surface area contributed by atoms with Gasteiger partial charge in [0.15, 0.2) is 0 Å². The van der Waals surface area contributed by atoms with E-state index < -0.39 is 0 Å². The minimum atomic E-state index is 0. The van der Waals surface area contributed by atoms with Crippen LogP contribution in [0.4, 0.5) is 0 Å². The van der Waals surface area contributed by atoms with Crippen molar-refractivity contribution in [3.63, 3.8) is 0 Å². The number of hydrogen-bond donors (Lipinski definition) is 0. The summed E-state index contributed by atoms with van der Waals surface area (Å²) >= 11 is 0. The number of rotatable bonds is 5. The molecule has 0 saturated carbocycles. The van der Waals surface area contributed by atoms with Gasteiger partial charge in [-0.05, 0) is 18.6 Å². The van der Waals surface area contributed by atoms with Gasteiger partial charge in [-0.25, -0.2) is 0 Å². The fourth-order valence-corrected chi connectivity index (χ4v) is 2.60. The van der Waals surface area contributed by atoms with Crippen molar-refractivity contribution >= 4 is 11.0 Å². The molecule has 118 valence electrons. The van der Waals surface area contributed by atoms with Crippen LogP contribution in [0.1, 0.15) is 5.56 Å². The first-order valence-electron chi connectivity index (χ1n) is 7.83. The summed E-state index contributed by atoms with van der Waals surface area (Å²) in [6, 6.07) is 27.8. The number of fused-ring (bicyclic) bond motifs is 1. The number of nitrogens with zero attached hydrogens (tertiary/aromatic N) is 3. The van der Waals surface area contributed by atoms with Crippen LogP contribution >= 0.6 is 0 Å². The van der Waals surface area contributed by atoms with Crippen LogP contribution in [-0.4, -0.2) is 15.0 Å². The molecule has 4 aromatic rings. The summed E-state index contributed by atoms with van der Waals surface area (Å²) in [6.07, 6.45) is 1.35. The molecule has 0 radical (unpaired) electrons. The van der Waals surface area contributed by atoms with E-state index >= 15 is 0 Å². The molecule has 0 saturated heterocycles. The van der Waals surface area contributed by atoms with E-state index in [1.54, 1.807) is 4.68 Å². The zero-order chi connectivity index (χ0) is 16.2. The summed E-state index contributed by atoms with van der Waals surface area (Å²) in [5.74, 6) is 0.781. The first-order chi connectivity index (χ1) is 11.9. The third-order valence-corrected chi connectivity index (χ3v) is 3.77. The average Bonchev–Trinajstić information content (AvgIpc) is 3.07. The molecule has 0 spiro atoms. The van der Waals surface area contributed by atoms with Gasteiger partial charge in [-0.1, -0.05) is 83.0 Å². The summed E-state index contributed by atoms with van der Waals surface area (Å²) in [5, 5.41) is 8.53. The second kappa shape index (κ2) is 7.93. The number of benzene rings is 3. The molecule has 1 aromatic heterocycles. The van der Waals surface area contributed by atoms with Crippen molar-refractivity contribution in [2.24, 2.45) is 0 Å². The Morgan fingerprint density at radius 3 is 2.20 bits per heavy atom. The Bertz CT molecular complexity index is 884. The van der Waals surface area contributed by atoms with E-state index in [-0.39, 0.29) is 18.9 Å². The molecular weight excluding hydrogens is 305 g/mol. The van der Waals surface area contributed by atoms with Gasteiger partial charge in [0.2, 0.25) is 0 Å². The molecule has 0 atom stereocenters. The summed E-state index contributed by atoms with van der Waals surface area (Å²) in [5.41, 5.74) is 2.93. The van der Waals surface area contributed by atoms with Crippen LogP contribution in [0.2, 0.25) is 0 Å². The van der Waals surface area contributed by atoms with Crippen LogP contribution in [0.5, 0.6) is 5.75 Å². The van der Waals surface area contributed by atoms with Crippen molar-refractivity contribution in [3.05, 3.63) is 96.7 Å². The predicted octanol–water partition coefficient (Wildman–Crippen LogP) is 1.09. The van der Waals surface area contributed by atoms with Gasteiger partial charge in [0, 0.05) is 11.7 Å². The minimum Gasteiger partial charge on any atom is -0.530 e. The quantitative estimate of drug-likeness (QED) is 0.408. The predicted molar refractivity (Wildman–Crippen MR) is 93.4 cm³/mol. The third kappa shape index (κ3) is 3.88. The van der Waals surface area contributed by atoms with Crippen molar-refractivity contribution < 1.29 is 23.6 Å². The molecule has 0 fully saturated rings. The second-order valence-electron chi connectivity index (χ2n) is 5.46. The van der Waals surface area contributed by atoms with Gasteiger partial charge in [0.1, 0.15) is 5.75 Å². The van der Waals surface area contributed by atoms with Crippen LogP contribution in [-0.2, 0) is 6.42 Å². The van der Waals surface area contributed by atoms with Crippen LogP contribution in [0.15, 0.2) is 84.9 Å². The van der Waals surface area contributed by atoms with E-state index in [0.717, 1.165) is 28.6 Å². The number of ether oxygens (including phenoxy) is 1. The van der Waals surface area contributed by atoms with Gasteiger partial charge in [0.25, 0.3) is 0 Å². The Morgan fingerprint density at radius 1 is 0.800 bits per heavy atom. The molecule has 4 nitrogen and oxygen atoms in total. The molecule has 0 aliphatic carbocycles. The number of aromatic nitrogens is 3. The van der Waals surface area contributed by atoms with Crippen molar-refractivity contribution in [3.8, 4) is 5.75 Å². The van der Waals surface area contributed by atoms with Gasteiger partial charge >= 0.3 is 18.9 Å². The van der Waals surface area contributed by atoms with Crippen molar-refractivity contribution in [1.29, 1.82) is 0 Å². The maximum Gasteiger partial charge on any atom is 1.00 e. The normalized spacial score (nSPS) is 10.2. The molecule has 0 amide bonds. The van der Waals surface area contributed by atoms with Crippen molar-refractivity contribution in [1.82, 2.24) is 15.0 Å². The monoisotopic (exact) mass is 321 g/mol. The molecule has 0 aliphatic heterocycles. The molecular formula is C20H16LiN3O. The fourth-order valence-electron chi connectivity index (χ4n) is 2.60. The summed E-state index contributed by atoms with van der Waals surface area (Å²) < 4.78 is 7.92. The van der Waals surface area contributed by atoms with Crippen molar-refractivity contribution in [2.75, 3.05) is 0 Å². The Kier molecular flexibility index (Phi) is 5.45. The molecule has 0 N–H and O–H groups in total. The zero-order valence-electron chi connectivity index (χ0n) is 14.0. The van der Waals surface area contributed by atoms with E-state index in [4.69, 9.17) is 4.74 Å². The summed E-state index contributed by atoms with van der Waals surface area (Å²) in [4.78, 5) is 0. The van der Waals surface area contributed by atoms with Gasteiger partial charge in [-0.3, -0.25) is 0 Å². The van der Waals surface area contributed by atoms with Gasteiger partial charge in [-0.15, -0.1) is 6.07 Å². The van der Waals surface area contributed by atoms with Gasteiger partial charge < -0.3 is 9.42 Å². The largest absolute Gasteiger partial charge is 1.00 e. The first kappa shape index (κ1) is 17.2. The minimum absolute atomic E-state index is 0. The van der Waals surface area contributed by atoms with E-state index in [1.165, 1.54) is 0 Å². The van der Waals surface area contributed by atoms with Crippen LogP contribution in [0.3, 0.4) is 0 Å². The summed E-state index contributed by atoms with van der Waals surface area (Å²) in [6.45, 7) is 0. The molecule has 5 heteroatoms. The molecule has 25 heavy (non-hydrogen) atoms. The SMILES string of the molecule is [Li+].c1ccc(C[C-](Oc2ccccc2)n2nnc3ccccc32)cc1. The smallest absolute Gasteiger partial charge is 0.530 e. The van der Waals surface area contributed by atoms with Crippen LogP contribution in [0, 0.1) is 6.23 Å². The fraction of sp³-hybridized carbons (Fsp3) is 0.0500. The van der Waals surface area contributed by atoms with E-state index in [9.17, 15) is 0 Å². The zero-order valence-corrected chi connectivity index (χ0v) is 14.0. The van der Waals surface area contributed by atoms with Gasteiger partial charge in [0.05, 0.1) is 0 Å². The summed E-state index contributed by atoms with van der Waals surface area (Å²) in [7, 11) is 0. The number of para-hydroxylation sites is 2. The average molecular weight is 321 g/mol. The number of hydrogen-bond acceptors (Lipinski definition) is 3. The van der Waals surface area contributed by atoms with E-state index in [0.29, 0.717) is 6.42 Å². The Morgan fingerprint density at radius 2 is 1.44 bits per heavy atom. The van der Waals surface area contributed by atoms with Crippen LogP contribution in [0.25, 0.3) is 11.0 Å². The molecule has 0 bridgehead atoms. The Labute approximate surface area is 158 Å². The topological polar surface area (TPSA) is 39.9 Å². The second-order valence-corrected chi connectivity index (χ2v) is 5.46. The molecule has 4 rings (SSSR count). The van der Waals surface area contributed by atoms with Crippen molar-refractivity contribution in [2.45, 2.75) is 6.42 Å².